The quantitative estimate of drug-likeness (QED) is 0.595. The number of carbonyl (C=O) groups excluding carboxylic acids is 1. The number of para-hydroxylation sites is 2. The summed E-state index contributed by atoms with van der Waals surface area (Å²) < 4.78 is 38.4. The number of carbonyl (C=O) groups is 1. The van der Waals surface area contributed by atoms with Crippen molar-refractivity contribution >= 4 is 23.0 Å². The molecule has 3 rings (SSSR count). The van der Waals surface area contributed by atoms with Crippen molar-refractivity contribution in [3.05, 3.63) is 62.6 Å². The number of nitro benzene ring substituents is 1. The third-order valence-electron chi connectivity index (χ3n) is 4.77. The molecule has 0 radical (unpaired) electrons. The monoisotopic (exact) mass is 410 g/mol. The number of hydrogen-bond donors (Lipinski definition) is 2. The summed E-state index contributed by atoms with van der Waals surface area (Å²) in [4.78, 5) is 38.6. The molecular formula is C18H17F3N4O4. The molecular weight excluding hydrogens is 393 g/mol. The molecule has 1 saturated heterocycles. The number of aromatic amines is 1. The van der Waals surface area contributed by atoms with Crippen molar-refractivity contribution in [3.8, 4) is 0 Å². The molecule has 0 bridgehead atoms. The van der Waals surface area contributed by atoms with Gasteiger partial charge in [0, 0.05) is 31.3 Å². The number of halogens is 3. The number of nitro groups is 1. The highest BCUT2D eigenvalue weighted by Gasteiger charge is 2.32. The van der Waals surface area contributed by atoms with Crippen molar-refractivity contribution in [2.75, 3.05) is 23.3 Å². The average molecular weight is 410 g/mol. The fourth-order valence-corrected chi connectivity index (χ4v) is 3.24. The van der Waals surface area contributed by atoms with E-state index in [0.29, 0.717) is 43.9 Å². The maximum absolute atomic E-state index is 12.8. The van der Waals surface area contributed by atoms with Crippen molar-refractivity contribution in [3.63, 3.8) is 0 Å². The highest BCUT2D eigenvalue weighted by atomic mass is 19.4. The Morgan fingerprint density at radius 2 is 1.90 bits per heavy atom. The lowest BCUT2D eigenvalue weighted by Crippen LogP contribution is -2.39. The highest BCUT2D eigenvalue weighted by Crippen LogP contribution is 2.32. The van der Waals surface area contributed by atoms with Crippen LogP contribution in [-0.4, -0.2) is 28.9 Å². The third-order valence-corrected chi connectivity index (χ3v) is 4.77. The van der Waals surface area contributed by atoms with Crippen LogP contribution in [0.4, 0.5) is 30.2 Å². The summed E-state index contributed by atoms with van der Waals surface area (Å²) >= 11 is 0. The standard InChI is InChI=1S/C18H17F3N4O4/c19-18(20,21)12-9-13(17(27)22-10-12)23-16(26)11-5-7-24(8-6-11)14-3-1-2-4-15(14)25(28)29/h1-4,9-11H,5-8H2,(H,22,27)(H,23,26). The first-order valence-electron chi connectivity index (χ1n) is 8.76. The number of H-pyrrole nitrogens is 1. The van der Waals surface area contributed by atoms with Gasteiger partial charge in [-0.3, -0.25) is 19.7 Å². The van der Waals surface area contributed by atoms with E-state index in [1.807, 2.05) is 4.98 Å². The average Bonchev–Trinajstić information content (AvgIpc) is 2.69. The number of anilines is 2. The predicted octanol–water partition coefficient (Wildman–Crippen LogP) is 3.16. The topological polar surface area (TPSA) is 108 Å². The van der Waals surface area contributed by atoms with Crippen LogP contribution in [0.5, 0.6) is 0 Å². The fraction of sp³-hybridized carbons (Fsp3) is 0.333. The van der Waals surface area contributed by atoms with E-state index in [1.165, 1.54) is 6.07 Å². The number of alkyl halides is 3. The van der Waals surface area contributed by atoms with E-state index >= 15 is 0 Å². The molecule has 1 aromatic heterocycles. The molecule has 1 amide bonds. The van der Waals surface area contributed by atoms with Gasteiger partial charge in [-0.2, -0.15) is 13.2 Å². The number of hydrogen-bond acceptors (Lipinski definition) is 5. The lowest BCUT2D eigenvalue weighted by molar-refractivity contribution is -0.384. The zero-order chi connectivity index (χ0) is 21.2. The van der Waals surface area contributed by atoms with Crippen LogP contribution in [0.3, 0.4) is 0 Å². The molecule has 29 heavy (non-hydrogen) atoms. The second kappa shape index (κ2) is 7.94. The first-order chi connectivity index (χ1) is 13.7. The largest absolute Gasteiger partial charge is 0.417 e. The van der Waals surface area contributed by atoms with Crippen LogP contribution in [-0.2, 0) is 11.0 Å². The second-order valence-corrected chi connectivity index (χ2v) is 6.63. The molecule has 2 heterocycles. The Bertz CT molecular complexity index is 982. The number of nitrogens with zero attached hydrogens (tertiary/aromatic N) is 2. The molecule has 11 heteroatoms. The van der Waals surface area contributed by atoms with Gasteiger partial charge in [-0.25, -0.2) is 0 Å². The zero-order valence-electron chi connectivity index (χ0n) is 15.0. The molecule has 1 aliphatic heterocycles. The van der Waals surface area contributed by atoms with E-state index in [9.17, 15) is 32.9 Å². The van der Waals surface area contributed by atoms with Crippen LogP contribution in [0.1, 0.15) is 18.4 Å². The minimum absolute atomic E-state index is 0.0362. The maximum atomic E-state index is 12.8. The molecule has 154 valence electrons. The number of pyridine rings is 1. The Morgan fingerprint density at radius 1 is 1.24 bits per heavy atom. The van der Waals surface area contributed by atoms with Gasteiger partial charge in [0.15, 0.2) is 0 Å². The molecule has 1 aliphatic rings. The molecule has 0 unspecified atom stereocenters. The maximum Gasteiger partial charge on any atom is 0.417 e. The molecule has 0 atom stereocenters. The summed E-state index contributed by atoms with van der Waals surface area (Å²) in [6, 6.07) is 6.86. The van der Waals surface area contributed by atoms with Gasteiger partial charge < -0.3 is 15.2 Å². The van der Waals surface area contributed by atoms with Crippen molar-refractivity contribution in [1.82, 2.24) is 4.98 Å². The van der Waals surface area contributed by atoms with E-state index in [-0.39, 0.29) is 5.69 Å². The highest BCUT2D eigenvalue weighted by molar-refractivity contribution is 5.92. The number of rotatable bonds is 4. The predicted molar refractivity (Wildman–Crippen MR) is 98.7 cm³/mol. The molecule has 2 aromatic rings. The number of benzene rings is 1. The number of piperidine rings is 1. The number of amides is 1. The van der Waals surface area contributed by atoms with E-state index in [4.69, 9.17) is 0 Å². The molecule has 1 aromatic carbocycles. The molecule has 8 nitrogen and oxygen atoms in total. The van der Waals surface area contributed by atoms with Gasteiger partial charge in [0.2, 0.25) is 5.91 Å². The third kappa shape index (κ3) is 4.55. The van der Waals surface area contributed by atoms with Crippen LogP contribution in [0.15, 0.2) is 41.3 Å². The Morgan fingerprint density at radius 3 is 2.52 bits per heavy atom. The van der Waals surface area contributed by atoms with Crippen LogP contribution < -0.4 is 15.8 Å². The summed E-state index contributed by atoms with van der Waals surface area (Å²) in [5, 5.41) is 13.4. The van der Waals surface area contributed by atoms with E-state index in [0.717, 1.165) is 0 Å². The Hall–Kier alpha value is -3.37. The SMILES string of the molecule is O=C(Nc1cc(C(F)(F)F)c[nH]c1=O)C1CCN(c2ccccc2[N+](=O)[O-])CC1. The van der Waals surface area contributed by atoms with Gasteiger partial charge in [-0.1, -0.05) is 12.1 Å². The Kier molecular flexibility index (Phi) is 5.57. The molecule has 0 spiro atoms. The minimum atomic E-state index is -4.65. The fourth-order valence-electron chi connectivity index (χ4n) is 3.24. The van der Waals surface area contributed by atoms with Crippen molar-refractivity contribution in [2.24, 2.45) is 5.92 Å². The Labute approximate surface area is 162 Å². The van der Waals surface area contributed by atoms with Gasteiger partial charge in [-0.05, 0) is 25.0 Å². The van der Waals surface area contributed by atoms with Gasteiger partial charge in [0.1, 0.15) is 11.4 Å². The molecule has 0 aliphatic carbocycles. The summed E-state index contributed by atoms with van der Waals surface area (Å²) in [7, 11) is 0. The Balaban J connectivity index is 1.67. The summed E-state index contributed by atoms with van der Waals surface area (Å²) in [6.45, 7) is 0.726. The van der Waals surface area contributed by atoms with Crippen LogP contribution in [0, 0.1) is 16.0 Å². The van der Waals surface area contributed by atoms with E-state index < -0.39 is 39.7 Å². The van der Waals surface area contributed by atoms with Gasteiger partial charge in [-0.15, -0.1) is 0 Å². The summed E-state index contributed by atoms with van der Waals surface area (Å²) in [6.07, 6.45) is -3.42. The lowest BCUT2D eigenvalue weighted by atomic mass is 9.95. The molecule has 0 saturated carbocycles. The minimum Gasteiger partial charge on any atom is -0.366 e. The van der Waals surface area contributed by atoms with Gasteiger partial charge >= 0.3 is 6.18 Å². The first-order valence-corrected chi connectivity index (χ1v) is 8.76. The normalized spacial score (nSPS) is 15.2. The summed E-state index contributed by atoms with van der Waals surface area (Å²) in [5.74, 6) is -1.08. The van der Waals surface area contributed by atoms with Crippen LogP contribution in [0.2, 0.25) is 0 Å². The first kappa shape index (κ1) is 20.4. The molecule has 1 fully saturated rings. The number of nitrogens with one attached hydrogen (secondary N) is 2. The lowest BCUT2D eigenvalue weighted by Gasteiger charge is -2.32. The van der Waals surface area contributed by atoms with Gasteiger partial charge in [0.05, 0.1) is 10.5 Å². The second-order valence-electron chi connectivity index (χ2n) is 6.63. The van der Waals surface area contributed by atoms with Crippen molar-refractivity contribution in [1.29, 1.82) is 0 Å². The molecule has 2 N–H and O–H groups in total. The zero-order valence-corrected chi connectivity index (χ0v) is 15.0. The van der Waals surface area contributed by atoms with E-state index in [2.05, 4.69) is 5.32 Å². The summed E-state index contributed by atoms with van der Waals surface area (Å²) in [5.41, 5.74) is -1.95. The van der Waals surface area contributed by atoms with Crippen LogP contribution >= 0.6 is 0 Å². The van der Waals surface area contributed by atoms with Crippen molar-refractivity contribution in [2.45, 2.75) is 19.0 Å². The van der Waals surface area contributed by atoms with Crippen LogP contribution in [0.25, 0.3) is 0 Å². The smallest absolute Gasteiger partial charge is 0.366 e. The number of aromatic nitrogens is 1. The van der Waals surface area contributed by atoms with Crippen molar-refractivity contribution < 1.29 is 22.9 Å². The van der Waals surface area contributed by atoms with Gasteiger partial charge in [0.25, 0.3) is 11.2 Å². The van der Waals surface area contributed by atoms with E-state index in [1.54, 1.807) is 23.1 Å².